The zero-order valence-corrected chi connectivity index (χ0v) is 14.4. The molecule has 0 fully saturated rings. The van der Waals surface area contributed by atoms with E-state index in [0.29, 0.717) is 0 Å². The Kier molecular flexibility index (Phi) is 6.26. The van der Waals surface area contributed by atoms with Crippen molar-refractivity contribution in [1.29, 1.82) is 0 Å². The minimum absolute atomic E-state index is 0.0296. The van der Waals surface area contributed by atoms with Crippen molar-refractivity contribution in [3.63, 3.8) is 0 Å². The van der Waals surface area contributed by atoms with E-state index in [2.05, 4.69) is 13.8 Å². The van der Waals surface area contributed by atoms with Gasteiger partial charge in [-0.15, -0.1) is 0 Å². The van der Waals surface area contributed by atoms with Crippen LogP contribution in [0, 0.1) is 0 Å². The standard InChI is InChI=1S/C15H23F3OSi/c1-3-14(4-2,19-20)11-5-6-12-7-9-13(10-8-12)15(16,17)18/h7-10H,3-6,11H2,1-2,20H3. The van der Waals surface area contributed by atoms with Crippen molar-refractivity contribution in [3.05, 3.63) is 35.4 Å². The minimum Gasteiger partial charge on any atom is -0.422 e. The summed E-state index contributed by atoms with van der Waals surface area (Å²) in [6.07, 6.45) is 0.420. The van der Waals surface area contributed by atoms with Crippen LogP contribution in [0.3, 0.4) is 0 Å². The molecule has 1 rings (SSSR count). The number of alkyl halides is 3. The van der Waals surface area contributed by atoms with Crippen molar-refractivity contribution < 1.29 is 17.6 Å². The third-order valence-corrected chi connectivity index (χ3v) is 4.97. The molecule has 0 saturated carbocycles. The molecule has 1 aromatic rings. The summed E-state index contributed by atoms with van der Waals surface area (Å²) >= 11 is 0. The van der Waals surface area contributed by atoms with E-state index in [0.717, 1.165) is 60.3 Å². The minimum atomic E-state index is -4.25. The Bertz CT molecular complexity index is 388. The van der Waals surface area contributed by atoms with Crippen molar-refractivity contribution in [2.24, 2.45) is 0 Å². The van der Waals surface area contributed by atoms with Crippen LogP contribution in [0.25, 0.3) is 0 Å². The fourth-order valence-electron chi connectivity index (χ4n) is 2.47. The van der Waals surface area contributed by atoms with Gasteiger partial charge in [0, 0.05) is 0 Å². The lowest BCUT2D eigenvalue weighted by Crippen LogP contribution is -2.30. The smallest absolute Gasteiger partial charge is 0.416 e. The summed E-state index contributed by atoms with van der Waals surface area (Å²) in [6.45, 7) is 4.25. The van der Waals surface area contributed by atoms with E-state index in [-0.39, 0.29) is 5.60 Å². The van der Waals surface area contributed by atoms with Crippen molar-refractivity contribution in [2.45, 2.75) is 57.7 Å². The first-order valence-electron chi connectivity index (χ1n) is 7.08. The summed E-state index contributed by atoms with van der Waals surface area (Å²) < 4.78 is 43.1. The maximum Gasteiger partial charge on any atom is 0.416 e. The highest BCUT2D eigenvalue weighted by atomic mass is 28.2. The Hall–Kier alpha value is -0.813. The number of halogens is 3. The molecule has 0 heterocycles. The first-order chi connectivity index (χ1) is 9.37. The van der Waals surface area contributed by atoms with Gasteiger partial charge in [-0.3, -0.25) is 0 Å². The van der Waals surface area contributed by atoms with E-state index < -0.39 is 11.7 Å². The fraction of sp³-hybridized carbons (Fsp3) is 0.600. The van der Waals surface area contributed by atoms with Crippen LogP contribution >= 0.6 is 0 Å². The topological polar surface area (TPSA) is 9.23 Å². The molecule has 0 atom stereocenters. The molecule has 0 spiro atoms. The Morgan fingerprint density at radius 3 is 2.00 bits per heavy atom. The lowest BCUT2D eigenvalue weighted by atomic mass is 9.90. The van der Waals surface area contributed by atoms with E-state index in [1.807, 2.05) is 0 Å². The van der Waals surface area contributed by atoms with Gasteiger partial charge < -0.3 is 4.43 Å². The van der Waals surface area contributed by atoms with E-state index in [1.165, 1.54) is 0 Å². The summed E-state index contributed by atoms with van der Waals surface area (Å²) in [7, 11) is 0.721. The molecule has 0 N–H and O–H groups in total. The molecule has 0 bridgehead atoms. The summed E-state index contributed by atoms with van der Waals surface area (Å²) in [6, 6.07) is 5.46. The molecule has 0 aliphatic carbocycles. The van der Waals surface area contributed by atoms with E-state index in [9.17, 15) is 13.2 Å². The van der Waals surface area contributed by atoms with Crippen molar-refractivity contribution in [3.8, 4) is 0 Å². The van der Waals surface area contributed by atoms with Gasteiger partial charge in [-0.2, -0.15) is 13.2 Å². The van der Waals surface area contributed by atoms with Crippen LogP contribution in [-0.4, -0.2) is 16.1 Å². The van der Waals surface area contributed by atoms with Gasteiger partial charge in [-0.25, -0.2) is 0 Å². The summed E-state index contributed by atoms with van der Waals surface area (Å²) in [5.74, 6) is 0. The van der Waals surface area contributed by atoms with Crippen LogP contribution in [0.4, 0.5) is 13.2 Å². The van der Waals surface area contributed by atoms with Gasteiger partial charge in [-0.1, -0.05) is 26.0 Å². The molecule has 5 heteroatoms. The summed E-state index contributed by atoms with van der Waals surface area (Å²) in [4.78, 5) is 0. The zero-order valence-electron chi connectivity index (χ0n) is 12.4. The van der Waals surface area contributed by atoms with Gasteiger partial charge in [0.25, 0.3) is 0 Å². The normalized spacial score (nSPS) is 12.8. The number of aryl methyl sites for hydroxylation is 1. The quantitative estimate of drug-likeness (QED) is 0.695. The Morgan fingerprint density at radius 2 is 1.60 bits per heavy atom. The molecule has 0 aromatic heterocycles. The van der Waals surface area contributed by atoms with Crippen molar-refractivity contribution in [1.82, 2.24) is 0 Å². The molecule has 1 nitrogen and oxygen atoms in total. The van der Waals surface area contributed by atoms with Crippen LogP contribution in [0.15, 0.2) is 24.3 Å². The predicted molar refractivity (Wildman–Crippen MR) is 78.7 cm³/mol. The van der Waals surface area contributed by atoms with Gasteiger partial charge in [0.15, 0.2) is 0 Å². The molecule has 0 aliphatic heterocycles. The van der Waals surface area contributed by atoms with E-state index in [4.69, 9.17) is 4.43 Å². The third kappa shape index (κ3) is 4.63. The lowest BCUT2D eigenvalue weighted by Gasteiger charge is -2.31. The maximum atomic E-state index is 12.5. The molecule has 0 amide bonds. The average molecular weight is 304 g/mol. The van der Waals surface area contributed by atoms with Gasteiger partial charge in [0.05, 0.1) is 11.2 Å². The highest BCUT2D eigenvalue weighted by molar-refractivity contribution is 5.98. The second-order valence-corrected chi connectivity index (χ2v) is 5.55. The number of hydrogen-bond donors (Lipinski definition) is 0. The second kappa shape index (κ2) is 7.27. The van der Waals surface area contributed by atoms with Gasteiger partial charge in [0.1, 0.15) is 10.5 Å². The highest BCUT2D eigenvalue weighted by Gasteiger charge is 2.30. The number of benzene rings is 1. The Morgan fingerprint density at radius 1 is 1.05 bits per heavy atom. The molecule has 0 aliphatic rings. The predicted octanol–water partition coefficient (Wildman–Crippen LogP) is 3.88. The van der Waals surface area contributed by atoms with E-state index in [1.54, 1.807) is 12.1 Å². The number of hydrogen-bond acceptors (Lipinski definition) is 1. The van der Waals surface area contributed by atoms with Crippen molar-refractivity contribution in [2.75, 3.05) is 0 Å². The van der Waals surface area contributed by atoms with Crippen LogP contribution in [0.2, 0.25) is 0 Å². The maximum absolute atomic E-state index is 12.5. The van der Waals surface area contributed by atoms with E-state index >= 15 is 0 Å². The van der Waals surface area contributed by atoms with Gasteiger partial charge in [-0.05, 0) is 49.8 Å². The van der Waals surface area contributed by atoms with Crippen LogP contribution in [0.5, 0.6) is 0 Å². The molecular formula is C15H23F3OSi. The van der Waals surface area contributed by atoms with Crippen LogP contribution < -0.4 is 0 Å². The lowest BCUT2D eigenvalue weighted by molar-refractivity contribution is -0.137. The fourth-order valence-corrected chi connectivity index (χ4v) is 3.25. The second-order valence-electron chi connectivity index (χ2n) is 5.14. The molecule has 114 valence electrons. The largest absolute Gasteiger partial charge is 0.422 e. The first-order valence-corrected chi connectivity index (χ1v) is 7.90. The molecule has 0 radical (unpaired) electrons. The number of rotatable bonds is 7. The molecular weight excluding hydrogens is 281 g/mol. The third-order valence-electron chi connectivity index (χ3n) is 4.10. The SMILES string of the molecule is CCC(CC)(CCCc1ccc(C(F)(F)F)cc1)O[SiH3]. The molecule has 0 unspecified atom stereocenters. The van der Waals surface area contributed by atoms with Gasteiger partial charge in [0.2, 0.25) is 0 Å². The van der Waals surface area contributed by atoms with Crippen LogP contribution in [-0.2, 0) is 17.0 Å². The average Bonchev–Trinajstić information content (AvgIpc) is 2.44. The Balaban J connectivity index is 2.54. The highest BCUT2D eigenvalue weighted by Crippen LogP contribution is 2.30. The zero-order chi connectivity index (χ0) is 15.2. The molecule has 1 aromatic carbocycles. The summed E-state index contributed by atoms with van der Waals surface area (Å²) in [5, 5.41) is 0. The first kappa shape index (κ1) is 17.2. The van der Waals surface area contributed by atoms with Gasteiger partial charge >= 0.3 is 6.18 Å². The summed E-state index contributed by atoms with van der Waals surface area (Å²) in [5.41, 5.74) is 0.339. The molecule has 20 heavy (non-hydrogen) atoms. The Labute approximate surface area is 122 Å². The monoisotopic (exact) mass is 304 g/mol. The van der Waals surface area contributed by atoms with Crippen LogP contribution in [0.1, 0.15) is 50.7 Å². The molecule has 0 saturated heterocycles. The van der Waals surface area contributed by atoms with Crippen molar-refractivity contribution >= 4 is 10.5 Å².